The van der Waals surface area contributed by atoms with Gasteiger partial charge in [-0.2, -0.15) is 0 Å². The maximum atomic E-state index is 13.9. The molecule has 3 rings (SSSR count). The van der Waals surface area contributed by atoms with Crippen molar-refractivity contribution in [1.29, 1.82) is 0 Å². The van der Waals surface area contributed by atoms with Gasteiger partial charge in [-0.05, 0) is 83.6 Å². The second-order valence-electron chi connectivity index (χ2n) is 11.0. The molecule has 7 heteroatoms. The SMILES string of the molecule is Cc1ccc(C(C(=O)Nc2ccccc2C)N(C(=O)C(C)NC(=O)OC(C)(C)C)C2CC2C)c(C)c1. The number of hydrogen-bond donors (Lipinski definition) is 2. The quantitative estimate of drug-likeness (QED) is 0.537. The Morgan fingerprint density at radius 2 is 1.67 bits per heavy atom. The van der Waals surface area contributed by atoms with Crippen LogP contribution in [-0.4, -0.2) is 40.5 Å². The van der Waals surface area contributed by atoms with Crippen LogP contribution in [0.1, 0.15) is 69.3 Å². The Hall–Kier alpha value is -3.35. The van der Waals surface area contributed by atoms with Crippen LogP contribution < -0.4 is 10.6 Å². The molecule has 0 bridgehead atoms. The second kappa shape index (κ2) is 10.7. The number of ether oxygens (including phenoxy) is 1. The van der Waals surface area contributed by atoms with Gasteiger partial charge in [0, 0.05) is 11.7 Å². The Balaban J connectivity index is 1.99. The van der Waals surface area contributed by atoms with Crippen LogP contribution >= 0.6 is 0 Å². The van der Waals surface area contributed by atoms with Gasteiger partial charge in [-0.15, -0.1) is 0 Å². The molecule has 4 atom stereocenters. The Bertz CT molecular complexity index is 1140. The van der Waals surface area contributed by atoms with Crippen molar-refractivity contribution in [3.05, 3.63) is 64.7 Å². The van der Waals surface area contributed by atoms with Crippen LogP contribution in [-0.2, 0) is 14.3 Å². The molecule has 194 valence electrons. The van der Waals surface area contributed by atoms with Gasteiger partial charge in [0.1, 0.15) is 17.7 Å². The summed E-state index contributed by atoms with van der Waals surface area (Å²) in [6.07, 6.45) is 0.129. The number of amides is 3. The first-order valence-electron chi connectivity index (χ1n) is 12.5. The summed E-state index contributed by atoms with van der Waals surface area (Å²) in [5.74, 6) is -0.351. The smallest absolute Gasteiger partial charge is 0.408 e. The molecule has 3 amide bonds. The molecule has 0 radical (unpaired) electrons. The van der Waals surface area contributed by atoms with E-state index in [9.17, 15) is 14.4 Å². The first-order valence-corrected chi connectivity index (χ1v) is 12.5. The number of rotatable bonds is 7. The van der Waals surface area contributed by atoms with E-state index in [0.717, 1.165) is 28.7 Å². The van der Waals surface area contributed by atoms with Gasteiger partial charge in [-0.3, -0.25) is 9.59 Å². The highest BCUT2D eigenvalue weighted by molar-refractivity contribution is 5.99. The van der Waals surface area contributed by atoms with E-state index < -0.39 is 23.8 Å². The van der Waals surface area contributed by atoms with Gasteiger partial charge in [0.25, 0.3) is 5.91 Å². The van der Waals surface area contributed by atoms with E-state index in [1.807, 2.05) is 63.2 Å². The molecule has 1 aliphatic rings. The average Bonchev–Trinajstić information content (AvgIpc) is 3.48. The third-order valence-corrected chi connectivity index (χ3v) is 6.43. The van der Waals surface area contributed by atoms with E-state index in [0.29, 0.717) is 5.69 Å². The van der Waals surface area contributed by atoms with Crippen molar-refractivity contribution >= 4 is 23.6 Å². The van der Waals surface area contributed by atoms with E-state index >= 15 is 0 Å². The zero-order chi connectivity index (χ0) is 26.8. The first-order chi connectivity index (χ1) is 16.8. The lowest BCUT2D eigenvalue weighted by Crippen LogP contribution is -2.52. The predicted molar refractivity (Wildman–Crippen MR) is 142 cm³/mol. The summed E-state index contributed by atoms with van der Waals surface area (Å²) in [5.41, 5.74) is 3.72. The second-order valence-corrected chi connectivity index (χ2v) is 11.0. The molecule has 36 heavy (non-hydrogen) atoms. The molecular weight excluding hydrogens is 454 g/mol. The molecule has 1 aliphatic carbocycles. The van der Waals surface area contributed by atoms with Crippen LogP contribution in [0.25, 0.3) is 0 Å². The lowest BCUT2D eigenvalue weighted by molar-refractivity contribution is -0.141. The zero-order valence-electron chi connectivity index (χ0n) is 22.6. The predicted octanol–water partition coefficient (Wildman–Crippen LogP) is 5.44. The van der Waals surface area contributed by atoms with Crippen molar-refractivity contribution in [2.24, 2.45) is 5.92 Å². The summed E-state index contributed by atoms with van der Waals surface area (Å²) in [6.45, 7) is 14.9. The molecule has 0 saturated heterocycles. The fraction of sp³-hybridized carbons (Fsp3) is 0.483. The van der Waals surface area contributed by atoms with Crippen molar-refractivity contribution in [3.8, 4) is 0 Å². The lowest BCUT2D eigenvalue weighted by atomic mass is 9.96. The van der Waals surface area contributed by atoms with Crippen molar-refractivity contribution in [3.63, 3.8) is 0 Å². The van der Waals surface area contributed by atoms with E-state index in [1.165, 1.54) is 0 Å². The number of anilines is 1. The highest BCUT2D eigenvalue weighted by atomic mass is 16.6. The van der Waals surface area contributed by atoms with E-state index in [1.54, 1.807) is 32.6 Å². The van der Waals surface area contributed by atoms with Gasteiger partial charge in [0.05, 0.1) is 0 Å². The van der Waals surface area contributed by atoms with E-state index in [-0.39, 0.29) is 23.8 Å². The van der Waals surface area contributed by atoms with Crippen LogP contribution in [0.3, 0.4) is 0 Å². The molecule has 2 aromatic rings. The van der Waals surface area contributed by atoms with Gasteiger partial charge < -0.3 is 20.3 Å². The van der Waals surface area contributed by atoms with Gasteiger partial charge in [-0.25, -0.2) is 4.79 Å². The van der Waals surface area contributed by atoms with Crippen LogP contribution in [0.2, 0.25) is 0 Å². The monoisotopic (exact) mass is 493 g/mol. The van der Waals surface area contributed by atoms with Crippen molar-refractivity contribution in [2.45, 2.75) is 85.5 Å². The number of nitrogens with one attached hydrogen (secondary N) is 2. The number of carbonyl (C=O) groups is 3. The van der Waals surface area contributed by atoms with Crippen LogP contribution in [0.15, 0.2) is 42.5 Å². The minimum absolute atomic E-state index is 0.103. The Kier molecular flexibility index (Phi) is 8.12. The van der Waals surface area contributed by atoms with E-state index in [2.05, 4.69) is 17.6 Å². The Morgan fingerprint density at radius 3 is 2.22 bits per heavy atom. The molecule has 7 nitrogen and oxygen atoms in total. The van der Waals surface area contributed by atoms with Gasteiger partial charge >= 0.3 is 6.09 Å². The fourth-order valence-electron chi connectivity index (χ4n) is 4.41. The third-order valence-electron chi connectivity index (χ3n) is 6.43. The summed E-state index contributed by atoms with van der Waals surface area (Å²) in [4.78, 5) is 41.8. The van der Waals surface area contributed by atoms with Crippen LogP contribution in [0.4, 0.5) is 10.5 Å². The number of alkyl carbamates (subject to hydrolysis) is 1. The number of nitrogens with zero attached hydrogens (tertiary/aromatic N) is 1. The molecule has 0 spiro atoms. The Labute approximate surface area is 214 Å². The molecule has 4 unspecified atom stereocenters. The van der Waals surface area contributed by atoms with Crippen molar-refractivity contribution < 1.29 is 19.1 Å². The summed E-state index contributed by atoms with van der Waals surface area (Å²) >= 11 is 0. The minimum Gasteiger partial charge on any atom is -0.444 e. The normalized spacial score (nSPS) is 18.6. The molecule has 2 N–H and O–H groups in total. The maximum Gasteiger partial charge on any atom is 0.408 e. The number of para-hydroxylation sites is 1. The minimum atomic E-state index is -0.868. The zero-order valence-corrected chi connectivity index (χ0v) is 22.6. The number of carbonyl (C=O) groups excluding carboxylic acids is 3. The topological polar surface area (TPSA) is 87.7 Å². The van der Waals surface area contributed by atoms with Crippen LogP contribution in [0.5, 0.6) is 0 Å². The van der Waals surface area contributed by atoms with Crippen LogP contribution in [0, 0.1) is 26.7 Å². The fourth-order valence-corrected chi connectivity index (χ4v) is 4.41. The summed E-state index contributed by atoms with van der Waals surface area (Å²) in [7, 11) is 0. The van der Waals surface area contributed by atoms with E-state index in [4.69, 9.17) is 4.74 Å². The van der Waals surface area contributed by atoms with Gasteiger partial charge in [0.2, 0.25) is 5.91 Å². The van der Waals surface area contributed by atoms with Gasteiger partial charge in [-0.1, -0.05) is 48.9 Å². The first kappa shape index (κ1) is 27.2. The summed E-state index contributed by atoms with van der Waals surface area (Å²) in [6, 6.07) is 11.6. The van der Waals surface area contributed by atoms with Crippen molar-refractivity contribution in [2.75, 3.05) is 5.32 Å². The lowest BCUT2D eigenvalue weighted by Gasteiger charge is -2.35. The average molecular weight is 494 g/mol. The molecular formula is C29H39N3O4. The maximum absolute atomic E-state index is 13.9. The van der Waals surface area contributed by atoms with Gasteiger partial charge in [0.15, 0.2) is 0 Å². The number of aryl methyl sites for hydroxylation is 3. The third kappa shape index (κ3) is 6.65. The molecule has 0 aliphatic heterocycles. The highest BCUT2D eigenvalue weighted by Gasteiger charge is 2.48. The molecule has 1 saturated carbocycles. The number of benzene rings is 2. The molecule has 1 fully saturated rings. The number of hydrogen-bond acceptors (Lipinski definition) is 4. The standard InChI is InChI=1S/C29H39N3O4/c1-17-13-14-22(19(3)15-17)25(26(33)31-23-12-10-9-11-18(23)2)32(24-16-20(24)4)27(34)21(5)30-28(35)36-29(6,7)8/h9-15,20-21,24-25H,16H2,1-8H3,(H,30,35)(H,31,33). The highest BCUT2D eigenvalue weighted by Crippen LogP contribution is 2.41. The molecule has 2 aromatic carbocycles. The molecule has 0 aromatic heterocycles. The summed E-state index contributed by atoms with van der Waals surface area (Å²) < 4.78 is 5.35. The largest absolute Gasteiger partial charge is 0.444 e. The van der Waals surface area contributed by atoms with Crippen molar-refractivity contribution in [1.82, 2.24) is 10.2 Å². The Morgan fingerprint density at radius 1 is 1.03 bits per heavy atom. The summed E-state index contributed by atoms with van der Waals surface area (Å²) in [5, 5.41) is 5.71. The molecule has 0 heterocycles.